The lowest BCUT2D eigenvalue weighted by Gasteiger charge is -2.05. The van der Waals surface area contributed by atoms with Crippen LogP contribution in [0.1, 0.15) is 271 Å². The molecule has 0 aliphatic carbocycles. The van der Waals surface area contributed by atoms with Crippen molar-refractivity contribution in [1.29, 1.82) is 0 Å². The van der Waals surface area contributed by atoms with Gasteiger partial charge >= 0.3 is 11.9 Å². The number of hydrogen-bond acceptors (Lipinski definition) is 4. The van der Waals surface area contributed by atoms with E-state index < -0.39 is 11.9 Å². The summed E-state index contributed by atoms with van der Waals surface area (Å²) in [7, 11) is 0. The summed E-state index contributed by atoms with van der Waals surface area (Å²) < 4.78 is 10.5. The van der Waals surface area contributed by atoms with Crippen molar-refractivity contribution in [3.8, 4) is 0 Å². The molecule has 52 heavy (non-hydrogen) atoms. The number of carbonyl (C=O) groups is 2. The van der Waals surface area contributed by atoms with Crippen LogP contribution in [-0.2, 0) is 19.1 Å². The van der Waals surface area contributed by atoms with E-state index in [-0.39, 0.29) is 0 Å². The average molecular weight is 733 g/mol. The van der Waals surface area contributed by atoms with Crippen LogP contribution in [0, 0.1) is 0 Å². The average Bonchev–Trinajstić information content (AvgIpc) is 3.15. The van der Waals surface area contributed by atoms with E-state index in [1.54, 1.807) is 0 Å². The Bertz CT molecular complexity index is 672. The fourth-order valence-corrected chi connectivity index (χ4v) is 7.29. The smallest absolute Gasteiger partial charge is 0.331 e. The zero-order chi connectivity index (χ0) is 37.7. The first-order valence-corrected chi connectivity index (χ1v) is 23.7. The zero-order valence-electron chi connectivity index (χ0n) is 35.5. The summed E-state index contributed by atoms with van der Waals surface area (Å²) >= 11 is 0. The van der Waals surface area contributed by atoms with Crippen LogP contribution in [0.5, 0.6) is 0 Å². The van der Waals surface area contributed by atoms with E-state index in [0.717, 1.165) is 25.7 Å². The maximum absolute atomic E-state index is 11.9. The highest BCUT2D eigenvalue weighted by Gasteiger charge is 2.02. The molecule has 0 atom stereocenters. The van der Waals surface area contributed by atoms with Gasteiger partial charge in [-0.2, -0.15) is 0 Å². The van der Waals surface area contributed by atoms with Crippen LogP contribution in [0.3, 0.4) is 0 Å². The molecule has 0 unspecified atom stereocenters. The minimum absolute atomic E-state index is 0.427. The third-order valence-electron chi connectivity index (χ3n) is 10.8. The zero-order valence-corrected chi connectivity index (χ0v) is 35.5. The Morgan fingerprint density at radius 2 is 0.423 bits per heavy atom. The van der Waals surface area contributed by atoms with E-state index >= 15 is 0 Å². The maximum Gasteiger partial charge on any atom is 0.331 e. The van der Waals surface area contributed by atoms with Gasteiger partial charge in [0.25, 0.3) is 0 Å². The Morgan fingerprint density at radius 1 is 0.269 bits per heavy atom. The van der Waals surface area contributed by atoms with Gasteiger partial charge in [-0.25, -0.2) is 9.59 Å². The predicted octanol–water partition coefficient (Wildman–Crippen LogP) is 16.3. The van der Waals surface area contributed by atoms with E-state index in [0.29, 0.717) is 13.2 Å². The van der Waals surface area contributed by atoms with E-state index in [1.165, 1.54) is 243 Å². The summed E-state index contributed by atoms with van der Waals surface area (Å²) in [5.41, 5.74) is 0. The highest BCUT2D eigenvalue weighted by Crippen LogP contribution is 2.16. The largest absolute Gasteiger partial charge is 0.463 e. The lowest BCUT2D eigenvalue weighted by atomic mass is 10.0. The molecular formula is C48H92O4. The first-order chi connectivity index (χ1) is 25.7. The molecule has 0 rings (SSSR count). The number of rotatable bonds is 44. The van der Waals surface area contributed by atoms with Crippen LogP contribution in [0.2, 0.25) is 0 Å². The van der Waals surface area contributed by atoms with Gasteiger partial charge in [0, 0.05) is 12.2 Å². The molecule has 0 saturated carbocycles. The van der Waals surface area contributed by atoms with E-state index in [4.69, 9.17) is 9.47 Å². The summed E-state index contributed by atoms with van der Waals surface area (Å²) in [6.45, 7) is 5.43. The van der Waals surface area contributed by atoms with Gasteiger partial charge in [0.1, 0.15) is 0 Å². The molecule has 0 N–H and O–H groups in total. The second-order valence-electron chi connectivity index (χ2n) is 16.1. The lowest BCUT2D eigenvalue weighted by Crippen LogP contribution is -2.06. The molecular weight excluding hydrogens is 641 g/mol. The van der Waals surface area contributed by atoms with Gasteiger partial charge in [0.05, 0.1) is 13.2 Å². The molecule has 0 aromatic rings. The molecule has 0 aromatic carbocycles. The van der Waals surface area contributed by atoms with Gasteiger partial charge in [-0.05, 0) is 12.8 Å². The summed E-state index contributed by atoms with van der Waals surface area (Å²) in [6, 6.07) is 0. The minimum Gasteiger partial charge on any atom is -0.463 e. The van der Waals surface area contributed by atoms with Crippen molar-refractivity contribution in [3.63, 3.8) is 0 Å². The molecule has 0 bridgehead atoms. The molecule has 4 nitrogen and oxygen atoms in total. The number of ether oxygens (including phenoxy) is 2. The summed E-state index contributed by atoms with van der Waals surface area (Å²) in [5.74, 6) is -0.901. The van der Waals surface area contributed by atoms with Crippen LogP contribution in [0.25, 0.3) is 0 Å². The monoisotopic (exact) mass is 733 g/mol. The van der Waals surface area contributed by atoms with Gasteiger partial charge in [0.15, 0.2) is 0 Å². The molecule has 0 aliphatic rings. The van der Waals surface area contributed by atoms with E-state index in [1.807, 2.05) is 0 Å². The topological polar surface area (TPSA) is 52.6 Å². The van der Waals surface area contributed by atoms with Crippen molar-refractivity contribution < 1.29 is 19.1 Å². The SMILES string of the molecule is CCCCCCCCCCCCCCCCCCCCCCOC(=O)/C=C\C(=O)OCCCCCCCCCCCCCCCCCCCCCC. The van der Waals surface area contributed by atoms with Gasteiger partial charge in [-0.1, -0.05) is 258 Å². The lowest BCUT2D eigenvalue weighted by molar-refractivity contribution is -0.140. The Hall–Kier alpha value is -1.32. The van der Waals surface area contributed by atoms with Crippen LogP contribution in [0.4, 0.5) is 0 Å². The number of unbranched alkanes of at least 4 members (excludes halogenated alkanes) is 38. The van der Waals surface area contributed by atoms with Crippen molar-refractivity contribution in [1.82, 2.24) is 0 Å². The molecule has 308 valence electrons. The second-order valence-corrected chi connectivity index (χ2v) is 16.1. The molecule has 0 heterocycles. The second kappa shape index (κ2) is 45.8. The summed E-state index contributed by atoms with van der Waals surface area (Å²) in [6.07, 6.45) is 56.5. The van der Waals surface area contributed by atoms with Crippen molar-refractivity contribution in [2.24, 2.45) is 0 Å². The van der Waals surface area contributed by atoms with Gasteiger partial charge in [-0.15, -0.1) is 0 Å². The van der Waals surface area contributed by atoms with Gasteiger partial charge in [0.2, 0.25) is 0 Å². The highest BCUT2D eigenvalue weighted by molar-refractivity contribution is 5.91. The van der Waals surface area contributed by atoms with Crippen molar-refractivity contribution in [3.05, 3.63) is 12.2 Å². The Labute approximate surface area is 326 Å². The summed E-state index contributed by atoms with van der Waals surface area (Å²) in [4.78, 5) is 23.8. The van der Waals surface area contributed by atoms with E-state index in [9.17, 15) is 9.59 Å². The number of hydrogen-bond donors (Lipinski definition) is 0. The fourth-order valence-electron chi connectivity index (χ4n) is 7.29. The van der Waals surface area contributed by atoms with E-state index in [2.05, 4.69) is 13.8 Å². The molecule has 0 aliphatic heterocycles. The van der Waals surface area contributed by atoms with Crippen molar-refractivity contribution >= 4 is 11.9 Å². The standard InChI is InChI=1S/C48H92O4/c1-3-5-7-9-11-13-15-17-19-21-23-25-27-29-31-33-35-37-39-41-45-51-47(49)43-44-48(50)52-46-42-40-38-36-34-32-30-28-26-24-22-20-18-16-14-12-10-8-6-4-2/h43-44H,3-42,45-46H2,1-2H3/b44-43-. The van der Waals surface area contributed by atoms with Gasteiger partial charge in [-0.3, -0.25) is 0 Å². The maximum atomic E-state index is 11.9. The molecule has 0 spiro atoms. The Morgan fingerprint density at radius 3 is 0.596 bits per heavy atom. The first kappa shape index (κ1) is 50.7. The molecule has 0 aromatic heterocycles. The van der Waals surface area contributed by atoms with Crippen molar-refractivity contribution in [2.75, 3.05) is 13.2 Å². The highest BCUT2D eigenvalue weighted by atomic mass is 16.5. The molecule has 0 amide bonds. The fraction of sp³-hybridized carbons (Fsp3) is 0.917. The predicted molar refractivity (Wildman–Crippen MR) is 227 cm³/mol. The molecule has 4 heteroatoms. The van der Waals surface area contributed by atoms with Crippen molar-refractivity contribution in [2.45, 2.75) is 271 Å². The van der Waals surface area contributed by atoms with Crippen LogP contribution >= 0.6 is 0 Å². The number of esters is 2. The van der Waals surface area contributed by atoms with Crippen LogP contribution in [0.15, 0.2) is 12.2 Å². The minimum atomic E-state index is -0.450. The first-order valence-electron chi connectivity index (χ1n) is 23.7. The Balaban J connectivity index is 3.30. The quantitative estimate of drug-likeness (QED) is 0.0355. The van der Waals surface area contributed by atoms with Crippen LogP contribution in [-0.4, -0.2) is 25.2 Å². The molecule has 0 fully saturated rings. The third kappa shape index (κ3) is 44.8. The van der Waals surface area contributed by atoms with Crippen LogP contribution < -0.4 is 0 Å². The summed E-state index contributed by atoms with van der Waals surface area (Å²) in [5, 5.41) is 0. The molecule has 0 radical (unpaired) electrons. The normalized spacial score (nSPS) is 11.5. The third-order valence-corrected chi connectivity index (χ3v) is 10.8. The Kier molecular flexibility index (Phi) is 44.7. The molecule has 0 saturated heterocycles. The number of carbonyl (C=O) groups excluding carboxylic acids is 2. The van der Waals surface area contributed by atoms with Gasteiger partial charge < -0.3 is 9.47 Å².